The van der Waals surface area contributed by atoms with Crippen LogP contribution in [0.2, 0.25) is 0 Å². The van der Waals surface area contributed by atoms with Crippen molar-refractivity contribution in [2.24, 2.45) is 0 Å². The molecule has 0 bridgehead atoms. The second kappa shape index (κ2) is 7.31. The Balaban J connectivity index is 1.49. The van der Waals surface area contributed by atoms with Gasteiger partial charge in [-0.25, -0.2) is 0 Å². The zero-order valence-electron chi connectivity index (χ0n) is 17.6. The Hall–Kier alpha value is -3.40. The number of aromatic nitrogens is 1. The molecule has 2 heterocycles. The van der Waals surface area contributed by atoms with E-state index in [-0.39, 0.29) is 0 Å². The Morgan fingerprint density at radius 1 is 0.545 bits per heavy atom. The van der Waals surface area contributed by atoms with Crippen LogP contribution >= 0.6 is 27.3 Å². The summed E-state index contributed by atoms with van der Waals surface area (Å²) in [4.78, 5) is 0. The highest BCUT2D eigenvalue weighted by Gasteiger charge is 2.14. The largest absolute Gasteiger partial charge is 0.309 e. The number of hydrogen-bond acceptors (Lipinski definition) is 1. The summed E-state index contributed by atoms with van der Waals surface area (Å²) in [7, 11) is 0. The number of rotatable bonds is 2. The van der Waals surface area contributed by atoms with Crippen LogP contribution in [-0.2, 0) is 0 Å². The van der Waals surface area contributed by atoms with Crippen molar-refractivity contribution in [3.8, 4) is 16.8 Å². The summed E-state index contributed by atoms with van der Waals surface area (Å²) in [6.07, 6.45) is 0. The third-order valence-electron chi connectivity index (χ3n) is 6.46. The van der Waals surface area contributed by atoms with Crippen molar-refractivity contribution in [3.63, 3.8) is 0 Å². The minimum Gasteiger partial charge on any atom is -0.309 e. The maximum Gasteiger partial charge on any atom is 0.0541 e. The molecule has 0 fully saturated rings. The monoisotopic (exact) mass is 503 g/mol. The molecule has 0 aliphatic carbocycles. The van der Waals surface area contributed by atoms with Gasteiger partial charge in [0, 0.05) is 41.1 Å². The number of fused-ring (bicyclic) bond motifs is 6. The van der Waals surface area contributed by atoms with E-state index in [1.165, 1.54) is 58.8 Å². The third-order valence-corrected chi connectivity index (χ3v) is 8.26. The van der Waals surface area contributed by atoms with Crippen LogP contribution in [0.15, 0.2) is 114 Å². The first-order chi connectivity index (χ1) is 16.3. The molecule has 3 heteroatoms. The molecule has 33 heavy (non-hydrogen) atoms. The highest BCUT2D eigenvalue weighted by atomic mass is 79.9. The number of halogens is 1. The Kier molecular flexibility index (Phi) is 4.23. The van der Waals surface area contributed by atoms with E-state index < -0.39 is 0 Å². The van der Waals surface area contributed by atoms with Gasteiger partial charge in [-0.3, -0.25) is 0 Å². The zero-order valence-corrected chi connectivity index (χ0v) is 20.0. The molecule has 0 spiro atoms. The van der Waals surface area contributed by atoms with E-state index in [0.717, 1.165) is 4.47 Å². The van der Waals surface area contributed by atoms with Crippen molar-refractivity contribution in [2.75, 3.05) is 0 Å². The average molecular weight is 504 g/mol. The molecule has 0 radical (unpaired) electrons. The Bertz CT molecular complexity index is 1830. The lowest BCUT2D eigenvalue weighted by Crippen LogP contribution is -1.92. The van der Waals surface area contributed by atoms with E-state index in [2.05, 4.69) is 130 Å². The van der Waals surface area contributed by atoms with Gasteiger partial charge in [-0.2, -0.15) is 0 Å². The van der Waals surface area contributed by atoms with Crippen LogP contribution in [0.5, 0.6) is 0 Å². The summed E-state index contributed by atoms with van der Waals surface area (Å²) in [6.45, 7) is 0. The van der Waals surface area contributed by atoms with E-state index in [1.54, 1.807) is 0 Å². The van der Waals surface area contributed by atoms with Crippen LogP contribution in [0, 0.1) is 0 Å². The van der Waals surface area contributed by atoms with Crippen molar-refractivity contribution in [1.82, 2.24) is 4.57 Å². The van der Waals surface area contributed by atoms with Crippen molar-refractivity contribution in [3.05, 3.63) is 114 Å². The van der Waals surface area contributed by atoms with Crippen LogP contribution in [-0.4, -0.2) is 4.57 Å². The summed E-state index contributed by atoms with van der Waals surface area (Å²) in [5.74, 6) is 0. The Morgan fingerprint density at radius 2 is 1.27 bits per heavy atom. The fourth-order valence-corrected chi connectivity index (χ4v) is 6.79. The van der Waals surface area contributed by atoms with E-state index in [1.807, 2.05) is 11.3 Å². The number of benzene rings is 5. The van der Waals surface area contributed by atoms with Crippen molar-refractivity contribution in [1.29, 1.82) is 0 Å². The number of hydrogen-bond donors (Lipinski definition) is 0. The topological polar surface area (TPSA) is 4.93 Å². The summed E-state index contributed by atoms with van der Waals surface area (Å²) in [6, 6.07) is 39.5. The molecule has 0 saturated carbocycles. The summed E-state index contributed by atoms with van der Waals surface area (Å²) in [5.41, 5.74) is 6.14. The molecular formula is C30H18BrNS. The Labute approximate surface area is 203 Å². The molecule has 1 nitrogen and oxygen atoms in total. The number of thiophene rings is 1. The van der Waals surface area contributed by atoms with Crippen LogP contribution in [0.25, 0.3) is 58.8 Å². The smallest absolute Gasteiger partial charge is 0.0541 e. The maximum absolute atomic E-state index is 3.77. The molecule has 0 aliphatic rings. The van der Waals surface area contributed by atoms with Gasteiger partial charge in [0.25, 0.3) is 0 Å². The lowest BCUT2D eigenvalue weighted by molar-refractivity contribution is 1.18. The predicted molar refractivity (Wildman–Crippen MR) is 147 cm³/mol. The first-order valence-electron chi connectivity index (χ1n) is 11.0. The van der Waals surface area contributed by atoms with Crippen molar-refractivity contribution in [2.45, 2.75) is 0 Å². The van der Waals surface area contributed by atoms with Gasteiger partial charge in [0.15, 0.2) is 0 Å². The van der Waals surface area contributed by atoms with Gasteiger partial charge in [-0.15, -0.1) is 11.3 Å². The molecule has 0 unspecified atom stereocenters. The molecule has 7 aromatic rings. The average Bonchev–Trinajstić information content (AvgIpc) is 3.40. The van der Waals surface area contributed by atoms with E-state index in [0.29, 0.717) is 0 Å². The van der Waals surface area contributed by atoms with E-state index in [4.69, 9.17) is 0 Å². The Morgan fingerprint density at radius 3 is 2.15 bits per heavy atom. The zero-order chi connectivity index (χ0) is 21.9. The normalized spacial score (nSPS) is 11.8. The number of nitrogens with zero attached hydrogens (tertiary/aromatic N) is 1. The lowest BCUT2D eigenvalue weighted by atomic mass is 10.0. The minimum absolute atomic E-state index is 1.16. The maximum atomic E-state index is 3.77. The molecule has 5 aromatic carbocycles. The molecule has 2 aromatic heterocycles. The molecule has 0 N–H and O–H groups in total. The molecule has 0 atom stereocenters. The van der Waals surface area contributed by atoms with E-state index in [9.17, 15) is 0 Å². The van der Waals surface area contributed by atoms with Gasteiger partial charge < -0.3 is 4.57 Å². The van der Waals surface area contributed by atoms with E-state index >= 15 is 0 Å². The fraction of sp³-hybridized carbons (Fsp3) is 0. The van der Waals surface area contributed by atoms with Crippen LogP contribution < -0.4 is 0 Å². The molecule has 0 saturated heterocycles. The first kappa shape index (κ1) is 19.1. The first-order valence-corrected chi connectivity index (χ1v) is 12.6. The van der Waals surface area contributed by atoms with Crippen LogP contribution in [0.1, 0.15) is 0 Å². The number of para-hydroxylation sites is 2. The summed E-state index contributed by atoms with van der Waals surface area (Å²) >= 11 is 5.62. The minimum atomic E-state index is 1.16. The highest BCUT2D eigenvalue weighted by Crippen LogP contribution is 2.41. The molecule has 156 valence electrons. The van der Waals surface area contributed by atoms with Gasteiger partial charge in [-0.1, -0.05) is 70.5 Å². The fourth-order valence-electron chi connectivity index (χ4n) is 4.97. The molecule has 0 amide bonds. The molecule has 7 rings (SSSR count). The standard InChI is InChI=1S/C30H18BrNS/c31-25-10-6-12-29-30(25)24-18-20(14-16-28(24)33-29)19-13-15-27-23(17-19)22-9-4-5-11-26(22)32(27)21-7-2-1-3-8-21/h1-18H. The molecular weight excluding hydrogens is 486 g/mol. The van der Waals surface area contributed by atoms with Gasteiger partial charge >= 0.3 is 0 Å². The SMILES string of the molecule is Brc1cccc2sc3ccc(-c4ccc5c(c4)c4ccccc4n5-c4ccccc4)cc3c12. The van der Waals surface area contributed by atoms with Crippen molar-refractivity contribution >= 4 is 69.2 Å². The summed E-state index contributed by atoms with van der Waals surface area (Å²) in [5, 5.41) is 5.18. The molecule has 0 aliphatic heterocycles. The third kappa shape index (κ3) is 2.90. The van der Waals surface area contributed by atoms with Crippen molar-refractivity contribution < 1.29 is 0 Å². The quantitative estimate of drug-likeness (QED) is 0.221. The second-order valence-electron chi connectivity index (χ2n) is 8.35. The summed E-state index contributed by atoms with van der Waals surface area (Å²) < 4.78 is 6.16. The van der Waals surface area contributed by atoms with Gasteiger partial charge in [-0.05, 0) is 65.7 Å². The van der Waals surface area contributed by atoms with Crippen LogP contribution in [0.4, 0.5) is 0 Å². The predicted octanol–water partition coefficient (Wildman–Crippen LogP) is 9.58. The van der Waals surface area contributed by atoms with Crippen LogP contribution in [0.3, 0.4) is 0 Å². The lowest BCUT2D eigenvalue weighted by Gasteiger charge is -2.08. The van der Waals surface area contributed by atoms with Gasteiger partial charge in [0.05, 0.1) is 11.0 Å². The van der Waals surface area contributed by atoms with Gasteiger partial charge in [0.2, 0.25) is 0 Å². The second-order valence-corrected chi connectivity index (χ2v) is 10.3. The van der Waals surface area contributed by atoms with Gasteiger partial charge in [0.1, 0.15) is 0 Å². The highest BCUT2D eigenvalue weighted by molar-refractivity contribution is 9.10.